The predicted octanol–water partition coefficient (Wildman–Crippen LogP) is 2.00. The first-order chi connectivity index (χ1) is 12.1. The number of carbonyl (C=O) groups excluding carboxylic acids is 2. The smallest absolute Gasteiger partial charge is 0.238 e. The van der Waals surface area contributed by atoms with Crippen LogP contribution in [-0.4, -0.2) is 32.1 Å². The van der Waals surface area contributed by atoms with Crippen LogP contribution in [0.3, 0.4) is 0 Å². The van der Waals surface area contributed by atoms with E-state index in [0.29, 0.717) is 22.9 Å². The standard InChI is InChI=1S/C18H21N3O4/c1-24-16-8-7-13(11-15(16)21-18(23)12-19)20-17(22)9-10-25-14-5-3-2-4-6-14/h2-8,11H,9-10,12,19H2,1H3,(H,20,22)(H,21,23). The Hall–Kier alpha value is -3.06. The Morgan fingerprint density at radius 3 is 2.48 bits per heavy atom. The van der Waals surface area contributed by atoms with E-state index in [0.717, 1.165) is 0 Å². The molecule has 0 radical (unpaired) electrons. The van der Waals surface area contributed by atoms with Crippen molar-refractivity contribution in [1.29, 1.82) is 0 Å². The topological polar surface area (TPSA) is 103 Å². The van der Waals surface area contributed by atoms with Gasteiger partial charge in [-0.05, 0) is 30.3 Å². The first-order valence-corrected chi connectivity index (χ1v) is 7.78. The minimum absolute atomic E-state index is 0.142. The van der Waals surface area contributed by atoms with Gasteiger partial charge in [-0.1, -0.05) is 18.2 Å². The lowest BCUT2D eigenvalue weighted by Gasteiger charge is -2.12. The normalized spacial score (nSPS) is 10.0. The first-order valence-electron chi connectivity index (χ1n) is 7.78. The molecule has 2 amide bonds. The molecule has 0 atom stereocenters. The number of hydrogen-bond acceptors (Lipinski definition) is 5. The van der Waals surface area contributed by atoms with Gasteiger partial charge in [-0.15, -0.1) is 0 Å². The number of nitrogens with one attached hydrogen (secondary N) is 2. The zero-order valence-electron chi connectivity index (χ0n) is 14.0. The van der Waals surface area contributed by atoms with Gasteiger partial charge in [-0.2, -0.15) is 0 Å². The molecule has 0 saturated heterocycles. The van der Waals surface area contributed by atoms with Crippen LogP contribution >= 0.6 is 0 Å². The zero-order valence-corrected chi connectivity index (χ0v) is 14.0. The lowest BCUT2D eigenvalue weighted by atomic mass is 10.2. The number of rotatable bonds is 8. The van der Waals surface area contributed by atoms with E-state index in [9.17, 15) is 9.59 Å². The molecule has 0 spiro atoms. The summed E-state index contributed by atoms with van der Waals surface area (Å²) in [6, 6.07) is 14.2. The molecule has 0 aliphatic rings. The van der Waals surface area contributed by atoms with Crippen molar-refractivity contribution in [1.82, 2.24) is 0 Å². The van der Waals surface area contributed by atoms with Gasteiger partial charge in [0.25, 0.3) is 0 Å². The molecule has 0 heterocycles. The summed E-state index contributed by atoms with van der Waals surface area (Å²) < 4.78 is 10.7. The number of para-hydroxylation sites is 1. The number of benzene rings is 2. The van der Waals surface area contributed by atoms with E-state index in [-0.39, 0.29) is 31.4 Å². The fraction of sp³-hybridized carbons (Fsp3) is 0.222. The van der Waals surface area contributed by atoms with E-state index >= 15 is 0 Å². The van der Waals surface area contributed by atoms with E-state index in [1.54, 1.807) is 18.2 Å². The molecule has 2 aromatic carbocycles. The molecule has 7 heteroatoms. The van der Waals surface area contributed by atoms with Crippen molar-refractivity contribution in [2.75, 3.05) is 30.9 Å². The van der Waals surface area contributed by atoms with Crippen molar-refractivity contribution >= 4 is 23.2 Å². The summed E-state index contributed by atoms with van der Waals surface area (Å²) in [5.74, 6) is 0.647. The second-order valence-electron chi connectivity index (χ2n) is 5.13. The molecule has 0 unspecified atom stereocenters. The summed E-state index contributed by atoms with van der Waals surface area (Å²) in [6.45, 7) is 0.124. The van der Waals surface area contributed by atoms with Gasteiger partial charge in [-0.25, -0.2) is 0 Å². The maximum atomic E-state index is 12.0. The third-order valence-electron chi connectivity index (χ3n) is 3.28. The molecular formula is C18H21N3O4. The summed E-state index contributed by atoms with van der Waals surface area (Å²) in [4.78, 5) is 23.5. The van der Waals surface area contributed by atoms with E-state index < -0.39 is 0 Å². The molecule has 7 nitrogen and oxygen atoms in total. The largest absolute Gasteiger partial charge is 0.495 e. The molecule has 0 aliphatic heterocycles. The highest BCUT2D eigenvalue weighted by molar-refractivity contribution is 5.96. The van der Waals surface area contributed by atoms with Crippen LogP contribution in [0.4, 0.5) is 11.4 Å². The average Bonchev–Trinajstić information content (AvgIpc) is 2.62. The van der Waals surface area contributed by atoms with Crippen molar-refractivity contribution in [3.63, 3.8) is 0 Å². The van der Waals surface area contributed by atoms with Crippen molar-refractivity contribution in [3.8, 4) is 11.5 Å². The SMILES string of the molecule is COc1ccc(NC(=O)CCOc2ccccc2)cc1NC(=O)CN. The van der Waals surface area contributed by atoms with Crippen LogP contribution in [0.15, 0.2) is 48.5 Å². The van der Waals surface area contributed by atoms with Gasteiger partial charge in [-0.3, -0.25) is 9.59 Å². The number of ether oxygens (including phenoxy) is 2. The summed E-state index contributed by atoms with van der Waals surface area (Å²) in [7, 11) is 1.49. The average molecular weight is 343 g/mol. The van der Waals surface area contributed by atoms with E-state index in [4.69, 9.17) is 15.2 Å². The van der Waals surface area contributed by atoms with Crippen LogP contribution in [-0.2, 0) is 9.59 Å². The number of hydrogen-bond donors (Lipinski definition) is 3. The number of anilines is 2. The molecule has 0 fully saturated rings. The van der Waals surface area contributed by atoms with Gasteiger partial charge in [0.1, 0.15) is 11.5 Å². The number of nitrogens with two attached hydrogens (primary N) is 1. The molecule has 0 saturated carbocycles. The Morgan fingerprint density at radius 1 is 1.04 bits per heavy atom. The van der Waals surface area contributed by atoms with Gasteiger partial charge in [0.2, 0.25) is 11.8 Å². The van der Waals surface area contributed by atoms with Crippen LogP contribution in [0.5, 0.6) is 11.5 Å². The summed E-state index contributed by atoms with van der Waals surface area (Å²) >= 11 is 0. The molecule has 25 heavy (non-hydrogen) atoms. The van der Waals surface area contributed by atoms with Crippen molar-refractivity contribution in [2.45, 2.75) is 6.42 Å². The van der Waals surface area contributed by atoms with Crippen LogP contribution in [0.2, 0.25) is 0 Å². The highest BCUT2D eigenvalue weighted by Gasteiger charge is 2.09. The monoisotopic (exact) mass is 343 g/mol. The maximum Gasteiger partial charge on any atom is 0.238 e. The Kier molecular flexibility index (Phi) is 6.79. The third kappa shape index (κ3) is 5.82. The highest BCUT2D eigenvalue weighted by atomic mass is 16.5. The van der Waals surface area contributed by atoms with Gasteiger partial charge in [0, 0.05) is 5.69 Å². The lowest BCUT2D eigenvalue weighted by molar-refractivity contribution is -0.117. The van der Waals surface area contributed by atoms with Crippen molar-refractivity contribution in [3.05, 3.63) is 48.5 Å². The van der Waals surface area contributed by atoms with Crippen molar-refractivity contribution < 1.29 is 19.1 Å². The molecular weight excluding hydrogens is 322 g/mol. The minimum atomic E-state index is -0.349. The lowest BCUT2D eigenvalue weighted by Crippen LogP contribution is -2.22. The molecule has 0 aliphatic carbocycles. The van der Waals surface area contributed by atoms with Crippen LogP contribution < -0.4 is 25.8 Å². The van der Waals surface area contributed by atoms with Crippen LogP contribution in [0, 0.1) is 0 Å². The van der Waals surface area contributed by atoms with E-state index in [1.165, 1.54) is 7.11 Å². The fourth-order valence-electron chi connectivity index (χ4n) is 2.09. The zero-order chi connectivity index (χ0) is 18.1. The molecule has 4 N–H and O–H groups in total. The van der Waals surface area contributed by atoms with E-state index in [1.807, 2.05) is 30.3 Å². The van der Waals surface area contributed by atoms with Crippen molar-refractivity contribution in [2.24, 2.45) is 5.73 Å². The summed E-state index contributed by atoms with van der Waals surface area (Å²) in [5, 5.41) is 5.38. The number of methoxy groups -OCH3 is 1. The molecule has 0 aromatic heterocycles. The second kappa shape index (κ2) is 9.29. The van der Waals surface area contributed by atoms with Crippen LogP contribution in [0.1, 0.15) is 6.42 Å². The molecule has 2 rings (SSSR count). The molecule has 2 aromatic rings. The number of carbonyl (C=O) groups is 2. The van der Waals surface area contributed by atoms with Crippen LogP contribution in [0.25, 0.3) is 0 Å². The Morgan fingerprint density at radius 2 is 1.80 bits per heavy atom. The van der Waals surface area contributed by atoms with Gasteiger partial charge < -0.3 is 25.8 Å². The fourth-order valence-corrected chi connectivity index (χ4v) is 2.09. The van der Waals surface area contributed by atoms with Gasteiger partial charge in [0.05, 0.1) is 32.4 Å². The van der Waals surface area contributed by atoms with Gasteiger partial charge >= 0.3 is 0 Å². The van der Waals surface area contributed by atoms with E-state index in [2.05, 4.69) is 10.6 Å². The quantitative estimate of drug-likeness (QED) is 0.680. The molecule has 132 valence electrons. The minimum Gasteiger partial charge on any atom is -0.495 e. The molecule has 0 bridgehead atoms. The second-order valence-corrected chi connectivity index (χ2v) is 5.13. The Labute approximate surface area is 146 Å². The summed E-state index contributed by atoms with van der Waals surface area (Å²) in [5.41, 5.74) is 6.28. The first kappa shape index (κ1) is 18.3. The predicted molar refractivity (Wildman–Crippen MR) is 95.9 cm³/mol. The maximum absolute atomic E-state index is 12.0. The Balaban J connectivity index is 1.91. The Bertz CT molecular complexity index is 720. The van der Waals surface area contributed by atoms with Gasteiger partial charge in [0.15, 0.2) is 0 Å². The summed E-state index contributed by atoms with van der Waals surface area (Å²) in [6.07, 6.45) is 0.200. The number of amides is 2. The third-order valence-corrected chi connectivity index (χ3v) is 3.28. The highest BCUT2D eigenvalue weighted by Crippen LogP contribution is 2.27.